The Balaban J connectivity index is 0.00000288. The Morgan fingerprint density at radius 1 is 1.42 bits per heavy atom. The summed E-state index contributed by atoms with van der Waals surface area (Å²) in [6, 6.07) is 3.51. The van der Waals surface area contributed by atoms with E-state index in [-0.39, 0.29) is 24.4 Å². The van der Waals surface area contributed by atoms with Crippen LogP contribution in [0.15, 0.2) is 12.1 Å². The number of hydrogen-bond acceptors (Lipinski definition) is 4. The molecular formula is C17H26Cl2N2O3. The molecule has 24 heavy (non-hydrogen) atoms. The van der Waals surface area contributed by atoms with E-state index in [9.17, 15) is 4.79 Å². The summed E-state index contributed by atoms with van der Waals surface area (Å²) in [4.78, 5) is 14.6. The Kier molecular flexibility index (Phi) is 8.13. The number of amides is 1. The van der Waals surface area contributed by atoms with Crippen LogP contribution < -0.4 is 15.2 Å². The van der Waals surface area contributed by atoms with E-state index in [2.05, 4.69) is 0 Å². The maximum absolute atomic E-state index is 12.7. The van der Waals surface area contributed by atoms with Crippen LogP contribution in [-0.2, 0) is 0 Å². The van der Waals surface area contributed by atoms with Crippen molar-refractivity contribution >= 4 is 29.9 Å². The molecule has 1 aromatic rings. The molecule has 1 aliphatic rings. The molecule has 5 nitrogen and oxygen atoms in total. The molecule has 1 aliphatic heterocycles. The summed E-state index contributed by atoms with van der Waals surface area (Å²) in [5, 5.41) is 0.389. The van der Waals surface area contributed by atoms with Crippen LogP contribution in [0.1, 0.15) is 37.0 Å². The van der Waals surface area contributed by atoms with Gasteiger partial charge in [-0.3, -0.25) is 4.79 Å². The molecule has 1 saturated heterocycles. The van der Waals surface area contributed by atoms with E-state index in [1.54, 1.807) is 12.1 Å². The zero-order valence-corrected chi connectivity index (χ0v) is 16.0. The fourth-order valence-electron chi connectivity index (χ4n) is 2.94. The molecule has 0 spiro atoms. The molecule has 0 radical (unpaired) electrons. The number of nitrogens with zero attached hydrogens (tertiary/aromatic N) is 1. The van der Waals surface area contributed by atoms with Crippen molar-refractivity contribution in [1.29, 1.82) is 0 Å². The van der Waals surface area contributed by atoms with E-state index in [0.717, 1.165) is 25.9 Å². The number of carbonyl (C=O) groups excluding carboxylic acids is 1. The van der Waals surface area contributed by atoms with Gasteiger partial charge in [-0.2, -0.15) is 0 Å². The molecule has 7 heteroatoms. The van der Waals surface area contributed by atoms with Crippen LogP contribution in [-0.4, -0.2) is 43.7 Å². The van der Waals surface area contributed by atoms with Gasteiger partial charge in [0.15, 0.2) is 11.5 Å². The van der Waals surface area contributed by atoms with E-state index < -0.39 is 0 Å². The zero-order chi connectivity index (χ0) is 17.0. The fraction of sp³-hybridized carbons (Fsp3) is 0.588. The average molecular weight is 377 g/mol. The highest BCUT2D eigenvalue weighted by Gasteiger charge is 2.26. The van der Waals surface area contributed by atoms with Crippen LogP contribution in [0, 0.1) is 5.92 Å². The first-order valence-electron chi connectivity index (χ1n) is 8.03. The van der Waals surface area contributed by atoms with Crippen molar-refractivity contribution < 1.29 is 14.3 Å². The van der Waals surface area contributed by atoms with E-state index in [0.29, 0.717) is 34.6 Å². The molecule has 1 amide bonds. The van der Waals surface area contributed by atoms with Gasteiger partial charge in [-0.05, 0) is 44.7 Å². The third-order valence-electron chi connectivity index (χ3n) is 4.34. The van der Waals surface area contributed by atoms with Gasteiger partial charge in [0.25, 0.3) is 5.91 Å². The highest BCUT2D eigenvalue weighted by Crippen LogP contribution is 2.37. The Labute approximate surface area is 154 Å². The molecule has 1 unspecified atom stereocenters. The monoisotopic (exact) mass is 376 g/mol. The molecule has 0 aromatic heterocycles. The lowest BCUT2D eigenvalue weighted by atomic mass is 9.90. The molecule has 1 fully saturated rings. The number of benzene rings is 1. The first-order chi connectivity index (χ1) is 11.0. The summed E-state index contributed by atoms with van der Waals surface area (Å²) in [5.41, 5.74) is 6.47. The number of piperidine rings is 1. The van der Waals surface area contributed by atoms with Gasteiger partial charge < -0.3 is 20.1 Å². The van der Waals surface area contributed by atoms with Gasteiger partial charge in [-0.25, -0.2) is 0 Å². The number of likely N-dealkylation sites (tertiary alicyclic amines) is 1. The van der Waals surface area contributed by atoms with Crippen molar-refractivity contribution in [3.8, 4) is 11.5 Å². The number of ether oxygens (including phenoxy) is 2. The summed E-state index contributed by atoms with van der Waals surface area (Å²) >= 11 is 6.25. The summed E-state index contributed by atoms with van der Waals surface area (Å²) in [7, 11) is 1.54. The van der Waals surface area contributed by atoms with Crippen LogP contribution in [0.3, 0.4) is 0 Å². The summed E-state index contributed by atoms with van der Waals surface area (Å²) in [6.07, 6.45) is 1.87. The van der Waals surface area contributed by atoms with Crippen molar-refractivity contribution in [2.24, 2.45) is 11.7 Å². The molecule has 0 saturated carbocycles. The highest BCUT2D eigenvalue weighted by atomic mass is 35.5. The van der Waals surface area contributed by atoms with Gasteiger partial charge in [0.1, 0.15) is 0 Å². The average Bonchev–Trinajstić information content (AvgIpc) is 2.56. The Hall–Kier alpha value is -1.17. The van der Waals surface area contributed by atoms with Crippen LogP contribution >= 0.6 is 24.0 Å². The van der Waals surface area contributed by atoms with Crippen LogP contribution in [0.2, 0.25) is 5.02 Å². The second kappa shape index (κ2) is 9.35. The van der Waals surface area contributed by atoms with E-state index in [1.807, 2.05) is 18.7 Å². The third-order valence-corrected chi connectivity index (χ3v) is 4.62. The molecule has 2 rings (SSSR count). The molecule has 1 atom stereocenters. The van der Waals surface area contributed by atoms with E-state index in [4.69, 9.17) is 26.8 Å². The Morgan fingerprint density at radius 3 is 2.54 bits per heavy atom. The molecule has 1 heterocycles. The SMILES string of the molecule is CCOc1c(Cl)cc(C(=O)N2CCC(C(C)N)CC2)cc1OC.Cl. The number of carbonyl (C=O) groups is 1. The van der Waals surface area contributed by atoms with Gasteiger partial charge in [-0.1, -0.05) is 11.6 Å². The first kappa shape index (κ1) is 20.9. The van der Waals surface area contributed by atoms with Gasteiger partial charge in [-0.15, -0.1) is 12.4 Å². The van der Waals surface area contributed by atoms with Crippen LogP contribution in [0.25, 0.3) is 0 Å². The molecular weight excluding hydrogens is 351 g/mol. The summed E-state index contributed by atoms with van der Waals surface area (Å²) < 4.78 is 10.8. The number of halogens is 2. The minimum absolute atomic E-state index is 0. The van der Waals surface area contributed by atoms with Gasteiger partial charge in [0, 0.05) is 24.7 Å². The predicted molar refractivity (Wildman–Crippen MR) is 98.7 cm³/mol. The third kappa shape index (κ3) is 4.68. The minimum Gasteiger partial charge on any atom is -0.493 e. The zero-order valence-electron chi connectivity index (χ0n) is 14.4. The summed E-state index contributed by atoms with van der Waals surface area (Å²) in [5.74, 6) is 1.41. The predicted octanol–water partition coefficient (Wildman–Crippen LogP) is 3.37. The summed E-state index contributed by atoms with van der Waals surface area (Å²) in [6.45, 7) is 5.82. The first-order valence-corrected chi connectivity index (χ1v) is 8.40. The van der Waals surface area contributed by atoms with Crippen molar-refractivity contribution in [3.63, 3.8) is 0 Å². The van der Waals surface area contributed by atoms with Gasteiger partial charge in [0.2, 0.25) is 0 Å². The Morgan fingerprint density at radius 2 is 2.04 bits per heavy atom. The molecule has 136 valence electrons. The molecule has 2 N–H and O–H groups in total. The lowest BCUT2D eigenvalue weighted by molar-refractivity contribution is 0.0680. The number of nitrogens with two attached hydrogens (primary N) is 1. The highest BCUT2D eigenvalue weighted by molar-refractivity contribution is 6.32. The number of methoxy groups -OCH3 is 1. The topological polar surface area (TPSA) is 64.8 Å². The molecule has 1 aromatic carbocycles. The standard InChI is InChI=1S/C17H25ClN2O3.ClH/c1-4-23-16-14(18)9-13(10-15(16)22-3)17(21)20-7-5-12(6-8-20)11(2)19;/h9-12H,4-8,19H2,1-3H3;1H. The second-order valence-corrected chi connectivity index (χ2v) is 6.32. The molecule has 0 aliphatic carbocycles. The number of hydrogen-bond donors (Lipinski definition) is 1. The molecule has 0 bridgehead atoms. The largest absolute Gasteiger partial charge is 0.493 e. The smallest absolute Gasteiger partial charge is 0.254 e. The quantitative estimate of drug-likeness (QED) is 0.855. The fourth-order valence-corrected chi connectivity index (χ4v) is 3.20. The maximum atomic E-state index is 12.7. The van der Waals surface area contributed by atoms with Crippen LogP contribution in [0.4, 0.5) is 0 Å². The lowest BCUT2D eigenvalue weighted by Gasteiger charge is -2.33. The number of rotatable bonds is 5. The van der Waals surface area contributed by atoms with Crippen molar-refractivity contribution in [3.05, 3.63) is 22.7 Å². The van der Waals surface area contributed by atoms with Crippen molar-refractivity contribution in [2.75, 3.05) is 26.8 Å². The maximum Gasteiger partial charge on any atom is 0.254 e. The van der Waals surface area contributed by atoms with Gasteiger partial charge in [0.05, 0.1) is 18.7 Å². The normalized spacial score (nSPS) is 16.3. The van der Waals surface area contributed by atoms with Gasteiger partial charge >= 0.3 is 0 Å². The Bertz CT molecular complexity index is 559. The van der Waals surface area contributed by atoms with Crippen LogP contribution in [0.5, 0.6) is 11.5 Å². The van der Waals surface area contributed by atoms with E-state index >= 15 is 0 Å². The van der Waals surface area contributed by atoms with E-state index in [1.165, 1.54) is 7.11 Å². The lowest BCUT2D eigenvalue weighted by Crippen LogP contribution is -2.42. The minimum atomic E-state index is -0.0311. The second-order valence-electron chi connectivity index (χ2n) is 5.91. The van der Waals surface area contributed by atoms with Crippen molar-refractivity contribution in [1.82, 2.24) is 4.90 Å². The van der Waals surface area contributed by atoms with Crippen molar-refractivity contribution in [2.45, 2.75) is 32.7 Å².